The van der Waals surface area contributed by atoms with Crippen molar-refractivity contribution in [3.8, 4) is 0 Å². The predicted octanol–water partition coefficient (Wildman–Crippen LogP) is 2.44. The molecule has 6 heteroatoms. The highest BCUT2D eigenvalue weighted by Gasteiger charge is 2.16. The molecule has 0 N–H and O–H groups in total. The van der Waals surface area contributed by atoms with Crippen LogP contribution in [0.15, 0.2) is 17.2 Å². The second kappa shape index (κ2) is 5.72. The van der Waals surface area contributed by atoms with Gasteiger partial charge < -0.3 is 0 Å². The number of hydrogen-bond donors (Lipinski definition) is 0. The van der Waals surface area contributed by atoms with Crippen LogP contribution < -0.4 is 0 Å². The standard InChI is InChI=1S/C9H9BrClNO2S/c1-2-15(14)8-3-6(11)5-12-9(8)7(13)4-10/h3,5H,2,4H2,1H3. The molecule has 15 heavy (non-hydrogen) atoms. The van der Waals surface area contributed by atoms with Gasteiger partial charge in [0.2, 0.25) is 0 Å². The third-order valence-electron chi connectivity index (χ3n) is 1.71. The summed E-state index contributed by atoms with van der Waals surface area (Å²) in [5.41, 5.74) is 0.233. The largest absolute Gasteiger partial charge is 0.291 e. The van der Waals surface area contributed by atoms with Crippen LogP contribution in [0.4, 0.5) is 0 Å². The fraction of sp³-hybridized carbons (Fsp3) is 0.333. The first kappa shape index (κ1) is 12.8. The number of carbonyl (C=O) groups is 1. The zero-order valence-corrected chi connectivity index (χ0v) is 11.2. The van der Waals surface area contributed by atoms with Crippen molar-refractivity contribution in [2.45, 2.75) is 11.8 Å². The van der Waals surface area contributed by atoms with E-state index in [1.807, 2.05) is 0 Å². The number of pyridine rings is 1. The molecule has 0 saturated carbocycles. The van der Waals surface area contributed by atoms with Crippen LogP contribution in [0.5, 0.6) is 0 Å². The van der Waals surface area contributed by atoms with E-state index in [4.69, 9.17) is 11.6 Å². The highest BCUT2D eigenvalue weighted by molar-refractivity contribution is 9.09. The molecule has 1 aromatic rings. The summed E-state index contributed by atoms with van der Waals surface area (Å²) in [6.45, 7) is 1.78. The zero-order chi connectivity index (χ0) is 11.4. The SMILES string of the molecule is CCS(=O)c1cc(Cl)cnc1C(=O)CBr. The maximum absolute atomic E-state index is 11.7. The zero-order valence-electron chi connectivity index (χ0n) is 8.00. The minimum atomic E-state index is -1.22. The minimum absolute atomic E-state index is 0.162. The predicted molar refractivity (Wildman–Crippen MR) is 64.3 cm³/mol. The molecule has 0 radical (unpaired) electrons. The van der Waals surface area contributed by atoms with Gasteiger partial charge in [0.05, 0.1) is 26.0 Å². The first-order chi connectivity index (χ1) is 7.10. The molecule has 0 amide bonds. The molecule has 1 unspecified atom stereocenters. The summed E-state index contributed by atoms with van der Waals surface area (Å²) in [6.07, 6.45) is 1.38. The number of hydrogen-bond acceptors (Lipinski definition) is 3. The Bertz CT molecular complexity index is 411. The van der Waals surface area contributed by atoms with Crippen molar-refractivity contribution in [3.05, 3.63) is 23.0 Å². The Morgan fingerprint density at radius 1 is 1.67 bits per heavy atom. The molecule has 0 spiro atoms. The topological polar surface area (TPSA) is 47.0 Å². The maximum Gasteiger partial charge on any atom is 0.192 e. The van der Waals surface area contributed by atoms with Gasteiger partial charge in [-0.3, -0.25) is 14.0 Å². The fourth-order valence-electron chi connectivity index (χ4n) is 1.02. The molecule has 1 aromatic heterocycles. The van der Waals surface area contributed by atoms with Gasteiger partial charge in [0.1, 0.15) is 5.69 Å². The summed E-state index contributed by atoms with van der Waals surface area (Å²) in [5.74, 6) is 0.244. The van der Waals surface area contributed by atoms with Crippen molar-refractivity contribution in [2.75, 3.05) is 11.1 Å². The Morgan fingerprint density at radius 2 is 2.33 bits per heavy atom. The molecule has 82 valence electrons. The van der Waals surface area contributed by atoms with Crippen molar-refractivity contribution >= 4 is 44.1 Å². The normalized spacial score (nSPS) is 12.5. The molecule has 1 atom stereocenters. The van der Waals surface area contributed by atoms with Crippen LogP contribution in [-0.4, -0.2) is 26.1 Å². The van der Waals surface area contributed by atoms with Gasteiger partial charge in [0.25, 0.3) is 0 Å². The maximum atomic E-state index is 11.7. The molecule has 0 fully saturated rings. The number of alkyl halides is 1. The number of Topliss-reactive ketones (excluding diaryl/α,β-unsaturated/α-hetero) is 1. The Hall–Kier alpha value is -0.260. The van der Waals surface area contributed by atoms with Gasteiger partial charge in [-0.2, -0.15) is 0 Å². The Labute approximate surface area is 104 Å². The Balaban J connectivity index is 3.26. The number of rotatable bonds is 4. The Morgan fingerprint density at radius 3 is 2.87 bits per heavy atom. The van der Waals surface area contributed by atoms with E-state index in [9.17, 15) is 9.00 Å². The first-order valence-corrected chi connectivity index (χ1v) is 7.05. The number of aromatic nitrogens is 1. The third kappa shape index (κ3) is 3.09. The van der Waals surface area contributed by atoms with Crippen LogP contribution in [0.25, 0.3) is 0 Å². The Kier molecular flexibility index (Phi) is 4.89. The van der Waals surface area contributed by atoms with E-state index >= 15 is 0 Å². The van der Waals surface area contributed by atoms with Crippen molar-refractivity contribution in [3.63, 3.8) is 0 Å². The lowest BCUT2D eigenvalue weighted by molar-refractivity contribution is 0.101. The minimum Gasteiger partial charge on any atom is -0.291 e. The average Bonchev–Trinajstić information content (AvgIpc) is 2.26. The summed E-state index contributed by atoms with van der Waals surface area (Å²) in [4.78, 5) is 15.8. The van der Waals surface area contributed by atoms with Crippen molar-refractivity contribution in [1.29, 1.82) is 0 Å². The summed E-state index contributed by atoms with van der Waals surface area (Å²) < 4.78 is 11.7. The average molecular weight is 311 g/mol. The van der Waals surface area contributed by atoms with Crippen LogP contribution in [0.3, 0.4) is 0 Å². The molecule has 1 rings (SSSR count). The molecule has 1 heterocycles. The van der Waals surface area contributed by atoms with Crippen LogP contribution in [0, 0.1) is 0 Å². The van der Waals surface area contributed by atoms with Gasteiger partial charge in [0, 0.05) is 11.9 Å². The number of nitrogens with zero attached hydrogens (tertiary/aromatic N) is 1. The van der Waals surface area contributed by atoms with Crippen LogP contribution in [0.2, 0.25) is 5.02 Å². The highest BCUT2D eigenvalue weighted by Crippen LogP contribution is 2.18. The van der Waals surface area contributed by atoms with Gasteiger partial charge in [-0.15, -0.1) is 0 Å². The van der Waals surface area contributed by atoms with E-state index in [0.717, 1.165) is 0 Å². The van der Waals surface area contributed by atoms with E-state index < -0.39 is 10.8 Å². The quantitative estimate of drug-likeness (QED) is 0.634. The van der Waals surface area contributed by atoms with E-state index in [-0.39, 0.29) is 16.8 Å². The molecule has 0 bridgehead atoms. The molecule has 3 nitrogen and oxygen atoms in total. The molecule has 0 aromatic carbocycles. The van der Waals surface area contributed by atoms with Crippen LogP contribution >= 0.6 is 27.5 Å². The molecular formula is C9H9BrClNO2S. The van der Waals surface area contributed by atoms with Gasteiger partial charge in [-0.25, -0.2) is 0 Å². The molecule has 0 aliphatic rings. The van der Waals surface area contributed by atoms with Crippen molar-refractivity contribution in [2.24, 2.45) is 0 Å². The van der Waals surface area contributed by atoms with Crippen molar-refractivity contribution < 1.29 is 9.00 Å². The number of halogens is 2. The van der Waals surface area contributed by atoms with Gasteiger partial charge in [-0.05, 0) is 6.07 Å². The van der Waals surface area contributed by atoms with Gasteiger partial charge in [-0.1, -0.05) is 34.5 Å². The first-order valence-electron chi connectivity index (χ1n) is 4.23. The lowest BCUT2D eigenvalue weighted by atomic mass is 10.3. The summed E-state index contributed by atoms with van der Waals surface area (Å²) >= 11 is 8.80. The monoisotopic (exact) mass is 309 g/mol. The molecular weight excluding hydrogens is 302 g/mol. The number of ketones is 1. The second-order valence-corrected chi connectivity index (χ2v) is 5.40. The van der Waals surface area contributed by atoms with E-state index in [1.54, 1.807) is 6.92 Å². The second-order valence-electron chi connectivity index (χ2n) is 2.69. The highest BCUT2D eigenvalue weighted by atomic mass is 79.9. The molecule has 0 aliphatic heterocycles. The van der Waals surface area contributed by atoms with E-state index in [2.05, 4.69) is 20.9 Å². The molecule has 0 aliphatic carbocycles. The summed E-state index contributed by atoms with van der Waals surface area (Å²) in [7, 11) is -1.22. The summed E-state index contributed by atoms with van der Waals surface area (Å²) in [6, 6.07) is 1.53. The fourth-order valence-corrected chi connectivity index (χ4v) is 2.46. The third-order valence-corrected chi connectivity index (χ3v) is 3.75. The lowest BCUT2D eigenvalue weighted by Gasteiger charge is -2.05. The van der Waals surface area contributed by atoms with Crippen LogP contribution in [0.1, 0.15) is 17.4 Å². The molecule has 0 saturated heterocycles. The number of carbonyl (C=O) groups excluding carboxylic acids is 1. The van der Waals surface area contributed by atoms with E-state index in [0.29, 0.717) is 15.7 Å². The van der Waals surface area contributed by atoms with E-state index in [1.165, 1.54) is 12.3 Å². The summed E-state index contributed by atoms with van der Waals surface area (Å²) in [5, 5.41) is 0.549. The van der Waals surface area contributed by atoms with Crippen molar-refractivity contribution in [1.82, 2.24) is 4.98 Å². The van der Waals surface area contributed by atoms with Crippen LogP contribution in [-0.2, 0) is 10.8 Å². The lowest BCUT2D eigenvalue weighted by Crippen LogP contribution is -2.10. The van der Waals surface area contributed by atoms with Gasteiger partial charge >= 0.3 is 0 Å². The van der Waals surface area contributed by atoms with Gasteiger partial charge in [0.15, 0.2) is 5.78 Å². The smallest absolute Gasteiger partial charge is 0.192 e.